The minimum atomic E-state index is -1.08. The van der Waals surface area contributed by atoms with Crippen LogP contribution in [0.2, 0.25) is 0 Å². The number of aliphatic carboxylic acids is 5. The molecule has 0 rings (SSSR count). The first-order valence-corrected chi connectivity index (χ1v) is 4.54. The Labute approximate surface area is 148 Å². The van der Waals surface area contributed by atoms with Crippen molar-refractivity contribution < 1.29 is 83.4 Å². The zero-order valence-corrected chi connectivity index (χ0v) is 14.6. The minimum absolute atomic E-state index is 0. The van der Waals surface area contributed by atoms with Crippen molar-refractivity contribution in [3.8, 4) is 0 Å². The topological polar surface area (TPSA) is 201 Å². The maximum absolute atomic E-state index is 8.89. The average Bonchev–Trinajstić information content (AvgIpc) is 1.94. The van der Waals surface area contributed by atoms with E-state index in [-0.39, 0.29) is 33.9 Å². The third-order valence-electron chi connectivity index (χ3n) is 0. The summed E-state index contributed by atoms with van der Waals surface area (Å²) in [6, 6.07) is 0. The van der Waals surface area contributed by atoms with Gasteiger partial charge in [0.05, 0.1) is 0 Å². The molecule has 0 saturated heterocycles. The molecule has 0 aromatic heterocycles. The van der Waals surface area contributed by atoms with Crippen molar-refractivity contribution in [1.29, 1.82) is 0 Å². The van der Waals surface area contributed by atoms with Gasteiger partial charge in [-0.2, -0.15) is 0 Å². The van der Waals surface area contributed by atoms with E-state index >= 15 is 0 Å². The fourth-order valence-corrected chi connectivity index (χ4v) is 0. The largest absolute Gasteiger partial charge is 3.00 e. The number of hydrogen-bond acceptors (Lipinski definition) is 10. The van der Waals surface area contributed by atoms with Crippen molar-refractivity contribution in [2.45, 2.75) is 34.6 Å². The normalized spacial score (nSPS) is 5.68. The average molecular weight is 406 g/mol. The Morgan fingerprint density at radius 1 is 0.455 bits per heavy atom. The van der Waals surface area contributed by atoms with Gasteiger partial charge in [0.2, 0.25) is 0 Å². The standard InChI is InChI=1S/5C2H4O2.Cr.Ni/c5*1-2(3)4;;/h5*1H3,(H,3,4);;/q;;;;;+3;+2/p-5. The molecule has 0 heterocycles. The van der Waals surface area contributed by atoms with Crippen LogP contribution in [0.3, 0.4) is 0 Å². The Kier molecular flexibility index (Phi) is 71.1. The van der Waals surface area contributed by atoms with Gasteiger partial charge in [-0.15, -0.1) is 0 Å². The Bertz CT molecular complexity index is 216. The van der Waals surface area contributed by atoms with Crippen molar-refractivity contribution in [3.05, 3.63) is 0 Å². The predicted octanol–water partition coefficient (Wildman–Crippen LogP) is -6.22. The summed E-state index contributed by atoms with van der Waals surface area (Å²) in [5.74, 6) is -5.42. The van der Waals surface area contributed by atoms with Crippen molar-refractivity contribution >= 4 is 29.8 Å². The quantitative estimate of drug-likeness (QED) is 0.349. The summed E-state index contributed by atoms with van der Waals surface area (Å²) >= 11 is 0. The first kappa shape index (κ1) is 42.8. The number of carbonyl (C=O) groups excluding carboxylic acids is 5. The molecule has 0 N–H and O–H groups in total. The van der Waals surface area contributed by atoms with E-state index in [0.29, 0.717) is 0 Å². The van der Waals surface area contributed by atoms with E-state index in [2.05, 4.69) is 0 Å². The molecule has 0 fully saturated rings. The number of carbonyl (C=O) groups is 5. The number of hydrogen-bond donors (Lipinski definition) is 0. The fourth-order valence-electron chi connectivity index (χ4n) is 0. The first-order valence-electron chi connectivity index (χ1n) is 4.54. The number of rotatable bonds is 0. The van der Waals surface area contributed by atoms with Crippen LogP contribution in [0, 0.1) is 0 Å². The zero-order valence-electron chi connectivity index (χ0n) is 12.3. The van der Waals surface area contributed by atoms with Crippen LogP contribution in [0.4, 0.5) is 0 Å². The van der Waals surface area contributed by atoms with E-state index in [9.17, 15) is 0 Å². The molecule has 0 aromatic carbocycles. The summed E-state index contributed by atoms with van der Waals surface area (Å²) in [5.41, 5.74) is 0. The second-order valence-electron chi connectivity index (χ2n) is 2.46. The van der Waals surface area contributed by atoms with E-state index in [0.717, 1.165) is 34.6 Å². The van der Waals surface area contributed by atoms with Gasteiger partial charge >= 0.3 is 33.9 Å². The Morgan fingerprint density at radius 3 is 0.455 bits per heavy atom. The molecule has 0 atom stereocenters. The molecule has 0 spiro atoms. The molecule has 0 saturated carbocycles. The Hall–Kier alpha value is -1.62. The minimum Gasteiger partial charge on any atom is -0.550 e. The van der Waals surface area contributed by atoms with Gasteiger partial charge in [-0.05, 0) is 34.6 Å². The summed E-state index contributed by atoms with van der Waals surface area (Å²) in [6.45, 7) is 4.86. The third kappa shape index (κ3) is 2100. The summed E-state index contributed by atoms with van der Waals surface area (Å²) < 4.78 is 0. The molecular formula is C10H15CrNiO10. The maximum Gasteiger partial charge on any atom is 3.00 e. The van der Waals surface area contributed by atoms with Crippen LogP contribution in [-0.4, -0.2) is 29.8 Å². The van der Waals surface area contributed by atoms with Crippen LogP contribution in [0.5, 0.6) is 0 Å². The van der Waals surface area contributed by atoms with Gasteiger partial charge in [0.1, 0.15) is 0 Å². The molecule has 0 aliphatic carbocycles. The molecule has 22 heavy (non-hydrogen) atoms. The van der Waals surface area contributed by atoms with Crippen LogP contribution in [0.1, 0.15) is 34.6 Å². The van der Waals surface area contributed by atoms with Crippen LogP contribution in [0.15, 0.2) is 0 Å². The van der Waals surface area contributed by atoms with Crippen LogP contribution >= 0.6 is 0 Å². The SMILES string of the molecule is CC(=O)[O-].CC(=O)[O-].CC(=O)[O-].CC(=O)[O-].CC(=O)[O-].[Cr+3].[Ni+2]. The Morgan fingerprint density at radius 2 is 0.455 bits per heavy atom. The molecule has 0 aromatic rings. The van der Waals surface area contributed by atoms with Gasteiger partial charge in [0.25, 0.3) is 0 Å². The smallest absolute Gasteiger partial charge is 0.550 e. The molecule has 10 nitrogen and oxygen atoms in total. The fraction of sp³-hybridized carbons (Fsp3) is 0.500. The van der Waals surface area contributed by atoms with Gasteiger partial charge in [0.15, 0.2) is 0 Å². The van der Waals surface area contributed by atoms with Crippen molar-refractivity contribution in [1.82, 2.24) is 0 Å². The second-order valence-corrected chi connectivity index (χ2v) is 2.46. The molecule has 1 radical (unpaired) electrons. The van der Waals surface area contributed by atoms with E-state index in [4.69, 9.17) is 49.5 Å². The summed E-state index contributed by atoms with van der Waals surface area (Å²) in [6.07, 6.45) is 0. The van der Waals surface area contributed by atoms with E-state index in [1.807, 2.05) is 0 Å². The predicted molar refractivity (Wildman–Crippen MR) is 53.4 cm³/mol. The summed E-state index contributed by atoms with van der Waals surface area (Å²) in [5, 5.41) is 44.4. The van der Waals surface area contributed by atoms with Gasteiger partial charge in [-0.3, -0.25) is 0 Å². The third-order valence-corrected chi connectivity index (χ3v) is 0. The Balaban J connectivity index is -0.0000000250. The first-order chi connectivity index (χ1) is 8.66. The second kappa shape index (κ2) is 36.6. The molecule has 0 aliphatic heterocycles. The van der Waals surface area contributed by atoms with E-state index in [1.165, 1.54) is 0 Å². The molecule has 0 unspecified atom stereocenters. The van der Waals surface area contributed by atoms with Gasteiger partial charge in [-0.25, -0.2) is 0 Å². The van der Waals surface area contributed by atoms with Gasteiger partial charge < -0.3 is 49.5 Å². The number of carboxylic acid groups (broad SMARTS) is 5. The monoisotopic (exact) mass is 405 g/mol. The molecule has 0 bridgehead atoms. The van der Waals surface area contributed by atoms with Crippen molar-refractivity contribution in [2.75, 3.05) is 0 Å². The summed E-state index contributed by atoms with van der Waals surface area (Å²) in [7, 11) is 0. The molecule has 0 aliphatic rings. The van der Waals surface area contributed by atoms with E-state index < -0.39 is 29.8 Å². The van der Waals surface area contributed by atoms with Crippen molar-refractivity contribution in [3.63, 3.8) is 0 Å². The molecule has 0 amide bonds. The number of carboxylic acids is 5. The van der Waals surface area contributed by atoms with Gasteiger partial charge in [-0.1, -0.05) is 0 Å². The van der Waals surface area contributed by atoms with Crippen LogP contribution in [0.25, 0.3) is 0 Å². The molecule has 12 heteroatoms. The van der Waals surface area contributed by atoms with E-state index in [1.54, 1.807) is 0 Å². The van der Waals surface area contributed by atoms with Gasteiger partial charge in [0, 0.05) is 29.8 Å². The van der Waals surface area contributed by atoms with Crippen molar-refractivity contribution in [2.24, 2.45) is 0 Å². The maximum atomic E-state index is 8.89. The van der Waals surface area contributed by atoms with Crippen LogP contribution in [-0.2, 0) is 57.8 Å². The van der Waals surface area contributed by atoms with Crippen LogP contribution < -0.4 is 25.5 Å². The molecule has 131 valence electrons. The molecular weight excluding hydrogens is 391 g/mol. The zero-order chi connectivity index (χ0) is 17.9. The summed E-state index contributed by atoms with van der Waals surface area (Å²) in [4.78, 5) is 44.4.